The predicted octanol–water partition coefficient (Wildman–Crippen LogP) is 1.60. The van der Waals surface area contributed by atoms with Crippen LogP contribution in [0.25, 0.3) is 0 Å². The molecule has 1 aliphatic carbocycles. The van der Waals surface area contributed by atoms with Gasteiger partial charge in [-0.15, -0.1) is 0 Å². The summed E-state index contributed by atoms with van der Waals surface area (Å²) < 4.78 is 1.54. The van der Waals surface area contributed by atoms with Gasteiger partial charge in [0.05, 0.1) is 5.02 Å². The predicted molar refractivity (Wildman–Crippen MR) is 57.9 cm³/mol. The van der Waals surface area contributed by atoms with Crippen LogP contribution in [0.4, 0.5) is 0 Å². The molecule has 0 unspecified atom stereocenters. The molecule has 1 amide bonds. The Morgan fingerprint density at radius 3 is 2.93 bits per heavy atom. The van der Waals surface area contributed by atoms with Crippen molar-refractivity contribution in [2.24, 2.45) is 13.0 Å². The maximum atomic E-state index is 11.7. The van der Waals surface area contributed by atoms with Crippen LogP contribution in [0, 0.1) is 5.92 Å². The monoisotopic (exact) mass is 227 g/mol. The Kier molecular flexibility index (Phi) is 2.95. The van der Waals surface area contributed by atoms with Crippen LogP contribution < -0.4 is 5.32 Å². The van der Waals surface area contributed by atoms with Crippen molar-refractivity contribution >= 4 is 17.5 Å². The third-order valence-corrected chi connectivity index (χ3v) is 3.05. The van der Waals surface area contributed by atoms with Gasteiger partial charge in [0.15, 0.2) is 5.69 Å². The number of halogens is 1. The van der Waals surface area contributed by atoms with Crippen molar-refractivity contribution in [1.29, 1.82) is 0 Å². The van der Waals surface area contributed by atoms with Gasteiger partial charge in [-0.3, -0.25) is 9.48 Å². The van der Waals surface area contributed by atoms with E-state index in [1.54, 1.807) is 17.9 Å². The Morgan fingerprint density at radius 2 is 2.47 bits per heavy atom. The second-order valence-electron chi connectivity index (χ2n) is 4.01. The van der Waals surface area contributed by atoms with Gasteiger partial charge in [0, 0.05) is 19.8 Å². The number of rotatable bonds is 3. The van der Waals surface area contributed by atoms with Crippen molar-refractivity contribution in [3.05, 3.63) is 16.9 Å². The summed E-state index contributed by atoms with van der Waals surface area (Å²) in [5, 5.41) is 7.27. The normalized spacial score (nSPS) is 16.1. The Hall–Kier alpha value is -1.03. The molecule has 0 bridgehead atoms. The zero-order valence-electron chi connectivity index (χ0n) is 8.66. The van der Waals surface area contributed by atoms with Crippen LogP contribution in [-0.2, 0) is 7.05 Å². The number of nitrogens with zero attached hydrogens (tertiary/aromatic N) is 2. The molecular formula is C10H14ClN3O. The number of aromatic nitrogens is 2. The smallest absolute Gasteiger partial charge is 0.273 e. The lowest BCUT2D eigenvalue weighted by atomic mass is 9.85. The third-order valence-electron chi connectivity index (χ3n) is 2.78. The molecule has 0 saturated heterocycles. The van der Waals surface area contributed by atoms with Crippen LogP contribution in [0.1, 0.15) is 29.8 Å². The van der Waals surface area contributed by atoms with Crippen LogP contribution >= 0.6 is 11.6 Å². The van der Waals surface area contributed by atoms with E-state index in [-0.39, 0.29) is 5.91 Å². The molecule has 15 heavy (non-hydrogen) atoms. The first-order chi connectivity index (χ1) is 7.16. The second-order valence-corrected chi connectivity index (χ2v) is 4.41. The topological polar surface area (TPSA) is 46.9 Å². The largest absolute Gasteiger partial charge is 0.350 e. The molecule has 1 N–H and O–H groups in total. The highest BCUT2D eigenvalue weighted by Gasteiger charge is 2.20. The SMILES string of the molecule is Cn1cc(Cl)c(C(=O)NCC2CCC2)n1. The number of aryl methyl sites for hydroxylation is 1. The maximum Gasteiger partial charge on any atom is 0.273 e. The second kappa shape index (κ2) is 4.23. The Bertz CT molecular complexity index is 371. The van der Waals surface area contributed by atoms with Gasteiger partial charge in [0.1, 0.15) is 0 Å². The fraction of sp³-hybridized carbons (Fsp3) is 0.600. The molecule has 0 aliphatic heterocycles. The number of carbonyl (C=O) groups excluding carboxylic acids is 1. The van der Waals surface area contributed by atoms with Gasteiger partial charge < -0.3 is 5.32 Å². The summed E-state index contributed by atoms with van der Waals surface area (Å²) in [7, 11) is 1.74. The number of carbonyl (C=O) groups is 1. The highest BCUT2D eigenvalue weighted by Crippen LogP contribution is 2.25. The summed E-state index contributed by atoms with van der Waals surface area (Å²) in [5.74, 6) is 0.476. The molecule has 4 nitrogen and oxygen atoms in total. The highest BCUT2D eigenvalue weighted by atomic mass is 35.5. The van der Waals surface area contributed by atoms with Crippen molar-refractivity contribution in [2.75, 3.05) is 6.54 Å². The summed E-state index contributed by atoms with van der Waals surface area (Å²) in [6.07, 6.45) is 5.34. The summed E-state index contributed by atoms with van der Waals surface area (Å²) in [4.78, 5) is 11.7. The highest BCUT2D eigenvalue weighted by molar-refractivity contribution is 6.33. The molecule has 1 aromatic rings. The average Bonchev–Trinajstić information content (AvgIpc) is 2.42. The molecule has 0 atom stereocenters. The van der Waals surface area contributed by atoms with Gasteiger partial charge >= 0.3 is 0 Å². The van der Waals surface area contributed by atoms with Gasteiger partial charge in [-0.05, 0) is 18.8 Å². The van der Waals surface area contributed by atoms with Crippen molar-refractivity contribution < 1.29 is 4.79 Å². The van der Waals surface area contributed by atoms with E-state index >= 15 is 0 Å². The van der Waals surface area contributed by atoms with Crippen molar-refractivity contribution in [2.45, 2.75) is 19.3 Å². The number of nitrogens with one attached hydrogen (secondary N) is 1. The molecule has 1 fully saturated rings. The fourth-order valence-corrected chi connectivity index (χ4v) is 1.90. The lowest BCUT2D eigenvalue weighted by Crippen LogP contribution is -2.32. The van der Waals surface area contributed by atoms with E-state index in [1.807, 2.05) is 0 Å². The zero-order chi connectivity index (χ0) is 10.8. The molecular weight excluding hydrogens is 214 g/mol. The zero-order valence-corrected chi connectivity index (χ0v) is 9.42. The van der Waals surface area contributed by atoms with Crippen LogP contribution in [0.15, 0.2) is 6.20 Å². The third kappa shape index (κ3) is 2.31. The molecule has 1 aromatic heterocycles. The standard InChI is InChI=1S/C10H14ClN3O/c1-14-6-8(11)9(13-14)10(15)12-5-7-3-2-4-7/h6-7H,2-5H2,1H3,(H,12,15). The molecule has 1 saturated carbocycles. The van der Waals surface area contributed by atoms with Gasteiger partial charge in [0.25, 0.3) is 5.91 Å². The van der Waals surface area contributed by atoms with E-state index in [2.05, 4.69) is 10.4 Å². The molecule has 82 valence electrons. The molecule has 1 heterocycles. The molecule has 1 aliphatic rings. The molecule has 0 aromatic carbocycles. The minimum Gasteiger partial charge on any atom is -0.350 e. The van der Waals surface area contributed by atoms with Gasteiger partial charge in [-0.2, -0.15) is 5.10 Å². The quantitative estimate of drug-likeness (QED) is 0.853. The van der Waals surface area contributed by atoms with Crippen molar-refractivity contribution in [1.82, 2.24) is 15.1 Å². The Morgan fingerprint density at radius 1 is 1.73 bits per heavy atom. The lowest BCUT2D eigenvalue weighted by Gasteiger charge is -2.25. The molecule has 2 rings (SSSR count). The first-order valence-corrected chi connectivity index (χ1v) is 5.52. The van der Waals surface area contributed by atoms with E-state index in [0.29, 0.717) is 16.6 Å². The minimum atomic E-state index is -0.174. The van der Waals surface area contributed by atoms with Crippen molar-refractivity contribution in [3.8, 4) is 0 Å². The molecule has 0 radical (unpaired) electrons. The first kappa shape index (κ1) is 10.5. The molecule has 5 heteroatoms. The molecule has 0 spiro atoms. The Labute approximate surface area is 93.6 Å². The van der Waals surface area contributed by atoms with Crippen LogP contribution in [0.2, 0.25) is 5.02 Å². The summed E-state index contributed by atoms with van der Waals surface area (Å²) in [6, 6.07) is 0. The number of hydrogen-bond acceptors (Lipinski definition) is 2. The summed E-state index contributed by atoms with van der Waals surface area (Å²) >= 11 is 5.86. The van der Waals surface area contributed by atoms with E-state index in [1.165, 1.54) is 19.3 Å². The van der Waals surface area contributed by atoms with E-state index in [4.69, 9.17) is 11.6 Å². The number of hydrogen-bond donors (Lipinski definition) is 1. The van der Waals surface area contributed by atoms with Crippen LogP contribution in [-0.4, -0.2) is 22.2 Å². The van der Waals surface area contributed by atoms with Gasteiger partial charge in [0.2, 0.25) is 0 Å². The van der Waals surface area contributed by atoms with Crippen molar-refractivity contribution in [3.63, 3.8) is 0 Å². The average molecular weight is 228 g/mol. The Balaban J connectivity index is 1.92. The van der Waals surface area contributed by atoms with E-state index in [0.717, 1.165) is 6.54 Å². The summed E-state index contributed by atoms with van der Waals surface area (Å²) in [6.45, 7) is 0.742. The fourth-order valence-electron chi connectivity index (χ4n) is 1.63. The summed E-state index contributed by atoms with van der Waals surface area (Å²) in [5.41, 5.74) is 0.318. The van der Waals surface area contributed by atoms with Crippen LogP contribution in [0.5, 0.6) is 0 Å². The lowest BCUT2D eigenvalue weighted by molar-refractivity contribution is 0.0933. The maximum absolute atomic E-state index is 11.7. The van der Waals surface area contributed by atoms with Gasteiger partial charge in [-0.25, -0.2) is 0 Å². The minimum absolute atomic E-state index is 0.174. The first-order valence-electron chi connectivity index (χ1n) is 5.14. The van der Waals surface area contributed by atoms with Gasteiger partial charge in [-0.1, -0.05) is 18.0 Å². The van der Waals surface area contributed by atoms with Crippen LogP contribution in [0.3, 0.4) is 0 Å². The number of amides is 1. The van der Waals surface area contributed by atoms with E-state index in [9.17, 15) is 4.79 Å². The van der Waals surface area contributed by atoms with E-state index < -0.39 is 0 Å².